The third-order valence-corrected chi connectivity index (χ3v) is 4.96. The maximum absolute atomic E-state index is 12.5. The van der Waals surface area contributed by atoms with Crippen LogP contribution in [0.3, 0.4) is 0 Å². The van der Waals surface area contributed by atoms with Crippen LogP contribution in [0.5, 0.6) is 0 Å². The molecule has 0 spiro atoms. The number of rotatable bonds is 2. The molecule has 0 radical (unpaired) electrons. The fourth-order valence-electron chi connectivity index (χ4n) is 3.75. The monoisotopic (exact) mass is 265 g/mol. The van der Waals surface area contributed by atoms with Gasteiger partial charge in [0.25, 0.3) is 0 Å². The minimum atomic E-state index is -0.0183. The lowest BCUT2D eigenvalue weighted by Gasteiger charge is -2.37. The summed E-state index contributed by atoms with van der Waals surface area (Å²) < 4.78 is 0. The van der Waals surface area contributed by atoms with E-state index in [0.29, 0.717) is 37.5 Å². The zero-order valence-electron chi connectivity index (χ0n) is 11.5. The van der Waals surface area contributed by atoms with Crippen LogP contribution < -0.4 is 10.6 Å². The Morgan fingerprint density at radius 1 is 1.21 bits per heavy atom. The highest BCUT2D eigenvalue weighted by atomic mass is 16.2. The highest BCUT2D eigenvalue weighted by Gasteiger charge is 2.38. The van der Waals surface area contributed by atoms with E-state index in [1.165, 1.54) is 12.8 Å². The van der Waals surface area contributed by atoms with Gasteiger partial charge in [0.2, 0.25) is 11.8 Å². The van der Waals surface area contributed by atoms with Crippen molar-refractivity contribution in [3.63, 3.8) is 0 Å². The van der Waals surface area contributed by atoms with Crippen molar-refractivity contribution in [2.24, 2.45) is 5.92 Å². The van der Waals surface area contributed by atoms with Crippen molar-refractivity contribution >= 4 is 11.8 Å². The summed E-state index contributed by atoms with van der Waals surface area (Å²) in [6, 6.07) is 1.58. The van der Waals surface area contributed by atoms with E-state index in [0.717, 1.165) is 12.8 Å². The molecule has 3 atom stereocenters. The Morgan fingerprint density at radius 2 is 1.89 bits per heavy atom. The maximum atomic E-state index is 12.5. The Kier molecular flexibility index (Phi) is 3.48. The molecule has 3 unspecified atom stereocenters. The third kappa shape index (κ3) is 2.61. The highest BCUT2D eigenvalue weighted by molar-refractivity contribution is 5.83. The lowest BCUT2D eigenvalue weighted by molar-refractivity contribution is -0.138. The summed E-state index contributed by atoms with van der Waals surface area (Å²) in [6.45, 7) is 0.514. The zero-order chi connectivity index (χ0) is 13.4. The Balaban J connectivity index is 1.58. The van der Waals surface area contributed by atoms with Crippen LogP contribution in [0, 0.1) is 5.92 Å². The number of nitrogens with one attached hydrogen (secondary N) is 2. The molecule has 5 heteroatoms. The van der Waals surface area contributed by atoms with Crippen LogP contribution in [0.2, 0.25) is 0 Å². The smallest absolute Gasteiger partial charge is 0.227 e. The van der Waals surface area contributed by atoms with Crippen molar-refractivity contribution < 1.29 is 9.59 Å². The Labute approximate surface area is 114 Å². The predicted molar refractivity (Wildman–Crippen MR) is 71.5 cm³/mol. The van der Waals surface area contributed by atoms with E-state index in [-0.39, 0.29) is 17.7 Å². The summed E-state index contributed by atoms with van der Waals surface area (Å²) in [4.78, 5) is 25.6. The number of piperidine rings is 2. The molecule has 3 aliphatic rings. The van der Waals surface area contributed by atoms with Gasteiger partial charge in [0.15, 0.2) is 0 Å². The van der Waals surface area contributed by atoms with Crippen LogP contribution in [0.1, 0.15) is 38.5 Å². The SMILES string of the molecule is CN(C(=O)C1CCC(=O)NC1)C1CC2CCC(C1)N2. The first kappa shape index (κ1) is 12.9. The van der Waals surface area contributed by atoms with Gasteiger partial charge in [-0.25, -0.2) is 0 Å². The van der Waals surface area contributed by atoms with E-state index in [1.54, 1.807) is 0 Å². The molecule has 0 aromatic carbocycles. The first-order valence-electron chi connectivity index (χ1n) is 7.43. The topological polar surface area (TPSA) is 61.4 Å². The molecule has 2 amide bonds. The van der Waals surface area contributed by atoms with Crippen LogP contribution >= 0.6 is 0 Å². The van der Waals surface area contributed by atoms with Gasteiger partial charge < -0.3 is 15.5 Å². The highest BCUT2D eigenvalue weighted by Crippen LogP contribution is 2.30. The van der Waals surface area contributed by atoms with Crippen molar-refractivity contribution in [3.05, 3.63) is 0 Å². The van der Waals surface area contributed by atoms with Gasteiger partial charge in [-0.3, -0.25) is 9.59 Å². The molecule has 106 valence electrons. The Hall–Kier alpha value is -1.10. The molecular weight excluding hydrogens is 242 g/mol. The number of amides is 2. The summed E-state index contributed by atoms with van der Waals surface area (Å²) >= 11 is 0. The molecule has 0 aromatic rings. The zero-order valence-corrected chi connectivity index (χ0v) is 11.5. The van der Waals surface area contributed by atoms with Crippen molar-refractivity contribution in [2.75, 3.05) is 13.6 Å². The van der Waals surface area contributed by atoms with Gasteiger partial charge in [0.1, 0.15) is 0 Å². The van der Waals surface area contributed by atoms with Crippen molar-refractivity contribution in [1.29, 1.82) is 0 Å². The summed E-state index contributed by atoms with van der Waals surface area (Å²) in [5.74, 6) is 0.271. The average molecular weight is 265 g/mol. The maximum Gasteiger partial charge on any atom is 0.227 e. The number of nitrogens with zero attached hydrogens (tertiary/aromatic N) is 1. The molecule has 19 heavy (non-hydrogen) atoms. The Bertz CT molecular complexity index is 363. The minimum Gasteiger partial charge on any atom is -0.355 e. The molecule has 3 saturated heterocycles. The molecule has 0 aromatic heterocycles. The van der Waals surface area contributed by atoms with Crippen molar-refractivity contribution in [2.45, 2.75) is 56.7 Å². The van der Waals surface area contributed by atoms with Gasteiger partial charge in [0.05, 0.1) is 5.92 Å². The number of fused-ring (bicyclic) bond motifs is 2. The standard InChI is InChI=1S/C14H23N3O2/c1-17(12-6-10-3-4-11(7-12)16-10)14(19)9-2-5-13(18)15-8-9/h9-12,16H,2-8H2,1H3,(H,15,18). The van der Waals surface area contributed by atoms with Gasteiger partial charge in [-0.15, -0.1) is 0 Å². The van der Waals surface area contributed by atoms with E-state index < -0.39 is 0 Å². The van der Waals surface area contributed by atoms with Crippen molar-refractivity contribution in [3.8, 4) is 0 Å². The van der Waals surface area contributed by atoms with Gasteiger partial charge >= 0.3 is 0 Å². The van der Waals surface area contributed by atoms with E-state index >= 15 is 0 Å². The van der Waals surface area contributed by atoms with Gasteiger partial charge in [-0.2, -0.15) is 0 Å². The van der Waals surface area contributed by atoms with Gasteiger partial charge in [-0.05, 0) is 32.1 Å². The summed E-state index contributed by atoms with van der Waals surface area (Å²) in [7, 11) is 1.94. The predicted octanol–water partition coefficient (Wildman–Crippen LogP) is 0.254. The van der Waals surface area contributed by atoms with E-state index in [9.17, 15) is 9.59 Å². The van der Waals surface area contributed by atoms with Crippen molar-refractivity contribution in [1.82, 2.24) is 15.5 Å². The molecule has 3 fully saturated rings. The van der Waals surface area contributed by atoms with Gasteiger partial charge in [0, 0.05) is 38.1 Å². The number of carbonyl (C=O) groups is 2. The second-order valence-electron chi connectivity index (χ2n) is 6.25. The van der Waals surface area contributed by atoms with Crippen LogP contribution in [0.25, 0.3) is 0 Å². The fourth-order valence-corrected chi connectivity index (χ4v) is 3.75. The van der Waals surface area contributed by atoms with E-state index in [2.05, 4.69) is 10.6 Å². The summed E-state index contributed by atoms with van der Waals surface area (Å²) in [5.41, 5.74) is 0. The Morgan fingerprint density at radius 3 is 2.47 bits per heavy atom. The van der Waals surface area contributed by atoms with E-state index in [1.807, 2.05) is 11.9 Å². The van der Waals surface area contributed by atoms with Gasteiger partial charge in [-0.1, -0.05) is 0 Å². The number of hydrogen-bond acceptors (Lipinski definition) is 3. The number of carbonyl (C=O) groups excluding carboxylic acids is 2. The van der Waals surface area contributed by atoms with Crippen LogP contribution in [-0.2, 0) is 9.59 Å². The largest absolute Gasteiger partial charge is 0.355 e. The van der Waals surface area contributed by atoms with Crippen LogP contribution in [0.15, 0.2) is 0 Å². The first-order valence-corrected chi connectivity index (χ1v) is 7.43. The lowest BCUT2D eigenvalue weighted by atomic mass is 9.94. The van der Waals surface area contributed by atoms with Crippen LogP contribution in [-0.4, -0.2) is 48.4 Å². The molecule has 5 nitrogen and oxygen atoms in total. The molecule has 2 bridgehead atoms. The molecule has 3 rings (SSSR count). The van der Waals surface area contributed by atoms with Crippen LogP contribution in [0.4, 0.5) is 0 Å². The second kappa shape index (κ2) is 5.12. The average Bonchev–Trinajstić information content (AvgIpc) is 2.76. The summed E-state index contributed by atoms with van der Waals surface area (Å²) in [6.07, 6.45) is 5.86. The normalized spacial score (nSPS) is 37.8. The molecule has 3 aliphatic heterocycles. The number of hydrogen-bond donors (Lipinski definition) is 2. The fraction of sp³-hybridized carbons (Fsp3) is 0.857. The molecule has 2 N–H and O–H groups in total. The molecular formula is C14H23N3O2. The minimum absolute atomic E-state index is 0.0183. The first-order chi connectivity index (χ1) is 9.13. The second-order valence-corrected chi connectivity index (χ2v) is 6.25. The molecule has 0 saturated carbocycles. The quantitative estimate of drug-likeness (QED) is 0.752. The van der Waals surface area contributed by atoms with E-state index in [4.69, 9.17) is 0 Å². The molecule has 0 aliphatic carbocycles. The molecule has 3 heterocycles. The third-order valence-electron chi connectivity index (χ3n) is 4.96. The summed E-state index contributed by atoms with van der Waals surface area (Å²) in [5, 5.41) is 6.41. The lowest BCUT2D eigenvalue weighted by Crippen LogP contribution is -2.52.